The molecule has 0 N–H and O–H groups in total. The van der Waals surface area contributed by atoms with Crippen molar-refractivity contribution in [2.45, 2.75) is 19.5 Å². The molecule has 33 heavy (non-hydrogen) atoms. The summed E-state index contributed by atoms with van der Waals surface area (Å²) < 4.78 is 43.6. The second-order valence-electron chi connectivity index (χ2n) is 7.84. The van der Waals surface area contributed by atoms with E-state index >= 15 is 0 Å². The molecule has 2 aromatic heterocycles. The number of rotatable bonds is 4. The van der Waals surface area contributed by atoms with Gasteiger partial charge in [0.15, 0.2) is 0 Å². The van der Waals surface area contributed by atoms with Crippen LogP contribution in [0.5, 0.6) is 5.75 Å². The summed E-state index contributed by atoms with van der Waals surface area (Å²) in [5.74, 6) is 0.905. The Labute approximate surface area is 189 Å². The molecule has 0 saturated carbocycles. The van der Waals surface area contributed by atoms with Gasteiger partial charge in [0, 0.05) is 50.2 Å². The minimum atomic E-state index is -4.41. The standard InChI is InChI=1S/C24H23F3N4O2/c1-17-3-2-4-20(29-17)15-18-5-8-21(9-6-18)33-23(32)31-13-11-30(12-14-31)22-10-7-19(16-28-22)24(25,26)27/h2-10,16H,11-15H2,1H3. The van der Waals surface area contributed by atoms with Crippen molar-refractivity contribution in [3.8, 4) is 5.75 Å². The third-order valence-corrected chi connectivity index (χ3v) is 5.40. The Kier molecular flexibility index (Phi) is 6.48. The Morgan fingerprint density at radius 2 is 1.73 bits per heavy atom. The Morgan fingerprint density at radius 3 is 2.33 bits per heavy atom. The summed E-state index contributed by atoms with van der Waals surface area (Å²) in [6, 6.07) is 15.6. The number of hydrogen-bond acceptors (Lipinski definition) is 5. The van der Waals surface area contributed by atoms with Crippen molar-refractivity contribution in [3.05, 3.63) is 83.3 Å². The number of hydrogen-bond donors (Lipinski definition) is 0. The highest BCUT2D eigenvalue weighted by Crippen LogP contribution is 2.29. The summed E-state index contributed by atoms with van der Waals surface area (Å²) in [6.07, 6.45) is -3.35. The molecular formula is C24H23F3N4O2. The molecule has 172 valence electrons. The average molecular weight is 456 g/mol. The molecule has 9 heteroatoms. The van der Waals surface area contributed by atoms with Gasteiger partial charge >= 0.3 is 12.3 Å². The van der Waals surface area contributed by atoms with Gasteiger partial charge in [-0.2, -0.15) is 13.2 Å². The monoisotopic (exact) mass is 456 g/mol. The predicted octanol–water partition coefficient (Wildman–Crippen LogP) is 4.72. The van der Waals surface area contributed by atoms with Gasteiger partial charge in [0.1, 0.15) is 11.6 Å². The molecule has 4 rings (SSSR count). The number of piperazine rings is 1. The van der Waals surface area contributed by atoms with Crippen molar-refractivity contribution in [1.82, 2.24) is 14.9 Å². The third-order valence-electron chi connectivity index (χ3n) is 5.40. The lowest BCUT2D eigenvalue weighted by molar-refractivity contribution is -0.137. The van der Waals surface area contributed by atoms with Crippen molar-refractivity contribution in [2.24, 2.45) is 0 Å². The van der Waals surface area contributed by atoms with Crippen molar-refractivity contribution in [2.75, 3.05) is 31.1 Å². The first-order valence-corrected chi connectivity index (χ1v) is 10.5. The molecule has 1 aliphatic rings. The number of anilines is 1. The molecule has 1 aromatic carbocycles. The van der Waals surface area contributed by atoms with Crippen LogP contribution in [0.4, 0.5) is 23.8 Å². The zero-order valence-electron chi connectivity index (χ0n) is 18.0. The Morgan fingerprint density at radius 1 is 1.00 bits per heavy atom. The maximum Gasteiger partial charge on any atom is 0.417 e. The Hall–Kier alpha value is -3.62. The number of nitrogens with zero attached hydrogens (tertiary/aromatic N) is 4. The zero-order chi connectivity index (χ0) is 23.4. The van der Waals surface area contributed by atoms with Gasteiger partial charge in [-0.25, -0.2) is 9.78 Å². The highest BCUT2D eigenvalue weighted by atomic mass is 19.4. The van der Waals surface area contributed by atoms with E-state index in [2.05, 4.69) is 9.97 Å². The van der Waals surface area contributed by atoms with Crippen LogP contribution in [0, 0.1) is 6.92 Å². The van der Waals surface area contributed by atoms with Crippen LogP contribution in [0.2, 0.25) is 0 Å². The molecule has 0 aliphatic carbocycles. The van der Waals surface area contributed by atoms with E-state index in [0.717, 1.165) is 29.2 Å². The van der Waals surface area contributed by atoms with Crippen molar-refractivity contribution in [3.63, 3.8) is 0 Å². The molecule has 0 unspecified atom stereocenters. The lowest BCUT2D eigenvalue weighted by Crippen LogP contribution is -2.49. The number of benzene rings is 1. The number of carbonyl (C=O) groups is 1. The van der Waals surface area contributed by atoms with E-state index < -0.39 is 17.8 Å². The molecule has 0 radical (unpaired) electrons. The molecule has 3 aromatic rings. The zero-order valence-corrected chi connectivity index (χ0v) is 18.0. The summed E-state index contributed by atoms with van der Waals surface area (Å²) in [5, 5.41) is 0. The molecule has 1 saturated heterocycles. The molecule has 3 heterocycles. The first-order valence-electron chi connectivity index (χ1n) is 10.5. The van der Waals surface area contributed by atoms with Gasteiger partial charge in [-0.05, 0) is 48.9 Å². The number of alkyl halides is 3. The Bertz CT molecular complexity index is 1090. The van der Waals surface area contributed by atoms with Crippen molar-refractivity contribution >= 4 is 11.9 Å². The fraction of sp³-hybridized carbons (Fsp3) is 0.292. The van der Waals surface area contributed by atoms with Crippen LogP contribution in [-0.4, -0.2) is 47.1 Å². The molecule has 0 bridgehead atoms. The van der Waals surface area contributed by atoms with E-state index in [0.29, 0.717) is 44.2 Å². The lowest BCUT2D eigenvalue weighted by atomic mass is 10.1. The fourth-order valence-electron chi connectivity index (χ4n) is 3.61. The van der Waals surface area contributed by atoms with E-state index in [9.17, 15) is 18.0 Å². The number of pyridine rings is 2. The maximum atomic E-state index is 12.7. The van der Waals surface area contributed by atoms with E-state index in [1.165, 1.54) is 6.07 Å². The number of carbonyl (C=O) groups excluding carboxylic acids is 1. The van der Waals surface area contributed by atoms with Crippen molar-refractivity contribution < 1.29 is 22.7 Å². The molecule has 0 atom stereocenters. The molecule has 1 amide bonds. The van der Waals surface area contributed by atoms with Crippen LogP contribution < -0.4 is 9.64 Å². The first kappa shape index (κ1) is 22.6. The van der Waals surface area contributed by atoms with Crippen LogP contribution in [0.1, 0.15) is 22.5 Å². The summed E-state index contributed by atoms with van der Waals surface area (Å²) in [6.45, 7) is 3.63. The number of ether oxygens (including phenoxy) is 1. The number of amides is 1. The van der Waals surface area contributed by atoms with Crippen LogP contribution >= 0.6 is 0 Å². The molecule has 1 aliphatic heterocycles. The van der Waals surface area contributed by atoms with Crippen LogP contribution in [-0.2, 0) is 12.6 Å². The van der Waals surface area contributed by atoms with Gasteiger partial charge in [-0.1, -0.05) is 18.2 Å². The van der Waals surface area contributed by atoms with Crippen LogP contribution in [0.25, 0.3) is 0 Å². The number of halogens is 3. The second kappa shape index (κ2) is 9.48. The average Bonchev–Trinajstić information content (AvgIpc) is 2.80. The normalized spacial score (nSPS) is 14.3. The lowest BCUT2D eigenvalue weighted by Gasteiger charge is -2.34. The highest BCUT2D eigenvalue weighted by molar-refractivity contribution is 5.71. The summed E-state index contributed by atoms with van der Waals surface area (Å²) in [4.78, 5) is 24.3. The second-order valence-corrected chi connectivity index (χ2v) is 7.84. The first-order chi connectivity index (χ1) is 15.8. The highest BCUT2D eigenvalue weighted by Gasteiger charge is 2.31. The number of aryl methyl sites for hydroxylation is 1. The van der Waals surface area contributed by atoms with E-state index in [4.69, 9.17) is 4.74 Å². The van der Waals surface area contributed by atoms with Gasteiger partial charge in [0.2, 0.25) is 0 Å². The SMILES string of the molecule is Cc1cccc(Cc2ccc(OC(=O)N3CCN(c4ccc(C(F)(F)F)cn4)CC3)cc2)n1. The maximum absolute atomic E-state index is 12.7. The smallest absolute Gasteiger partial charge is 0.410 e. The molecule has 1 fully saturated rings. The quantitative estimate of drug-likeness (QED) is 0.569. The minimum Gasteiger partial charge on any atom is -0.410 e. The summed E-state index contributed by atoms with van der Waals surface area (Å²) >= 11 is 0. The molecule has 6 nitrogen and oxygen atoms in total. The van der Waals surface area contributed by atoms with E-state index in [-0.39, 0.29) is 0 Å². The summed E-state index contributed by atoms with van der Waals surface area (Å²) in [5.41, 5.74) is 2.22. The molecular weight excluding hydrogens is 433 g/mol. The fourth-order valence-corrected chi connectivity index (χ4v) is 3.61. The van der Waals surface area contributed by atoms with Crippen molar-refractivity contribution in [1.29, 1.82) is 0 Å². The van der Waals surface area contributed by atoms with Crippen LogP contribution in [0.3, 0.4) is 0 Å². The van der Waals surface area contributed by atoms with Crippen LogP contribution in [0.15, 0.2) is 60.8 Å². The Balaban J connectivity index is 1.28. The van der Waals surface area contributed by atoms with Gasteiger partial charge in [-0.15, -0.1) is 0 Å². The third kappa shape index (κ3) is 5.79. The van der Waals surface area contributed by atoms with Gasteiger partial charge < -0.3 is 14.5 Å². The van der Waals surface area contributed by atoms with Gasteiger partial charge in [0.25, 0.3) is 0 Å². The topological polar surface area (TPSA) is 58.6 Å². The number of aromatic nitrogens is 2. The van der Waals surface area contributed by atoms with E-state index in [1.807, 2.05) is 42.2 Å². The largest absolute Gasteiger partial charge is 0.417 e. The van der Waals surface area contributed by atoms with Gasteiger partial charge in [-0.3, -0.25) is 4.98 Å². The van der Waals surface area contributed by atoms with E-state index in [1.54, 1.807) is 17.0 Å². The predicted molar refractivity (Wildman–Crippen MR) is 117 cm³/mol. The molecule has 0 spiro atoms. The van der Waals surface area contributed by atoms with Gasteiger partial charge in [0.05, 0.1) is 5.56 Å². The summed E-state index contributed by atoms with van der Waals surface area (Å²) in [7, 11) is 0. The minimum absolute atomic E-state index is 0.388.